The van der Waals surface area contributed by atoms with E-state index in [-0.39, 0.29) is 6.17 Å². The normalized spacial score (nSPS) is 19.1. The minimum atomic E-state index is -4.29. The van der Waals surface area contributed by atoms with Gasteiger partial charge in [-0.1, -0.05) is 13.0 Å². The van der Waals surface area contributed by atoms with Gasteiger partial charge in [0.05, 0.1) is 11.7 Å². The van der Waals surface area contributed by atoms with E-state index < -0.39 is 11.7 Å². The van der Waals surface area contributed by atoms with Crippen LogP contribution in [0.25, 0.3) is 0 Å². The molecule has 111 valence electrons. The topological polar surface area (TPSA) is 32.5 Å². The number of halogens is 3. The van der Waals surface area contributed by atoms with Crippen molar-refractivity contribution in [2.24, 2.45) is 5.73 Å². The van der Waals surface area contributed by atoms with Gasteiger partial charge in [0, 0.05) is 31.9 Å². The van der Waals surface area contributed by atoms with Crippen LogP contribution in [0.5, 0.6) is 0 Å². The van der Waals surface area contributed by atoms with Gasteiger partial charge in [-0.15, -0.1) is 0 Å². The van der Waals surface area contributed by atoms with Crippen molar-refractivity contribution in [2.45, 2.75) is 19.3 Å². The summed E-state index contributed by atoms with van der Waals surface area (Å²) in [6, 6.07) is 5.48. The van der Waals surface area contributed by atoms with Gasteiger partial charge in [0.1, 0.15) is 0 Å². The highest BCUT2D eigenvalue weighted by atomic mass is 19.4. The molecule has 0 aromatic heterocycles. The maximum atomic E-state index is 12.7. The van der Waals surface area contributed by atoms with Crippen LogP contribution in [-0.4, -0.2) is 37.2 Å². The van der Waals surface area contributed by atoms with E-state index in [4.69, 9.17) is 5.73 Å². The number of hydrogen-bond acceptors (Lipinski definition) is 3. The van der Waals surface area contributed by atoms with Crippen LogP contribution in [-0.2, 0) is 6.18 Å². The van der Waals surface area contributed by atoms with Crippen molar-refractivity contribution in [3.05, 3.63) is 36.2 Å². The second-order valence-electron chi connectivity index (χ2n) is 4.90. The molecule has 1 aromatic carbocycles. The average Bonchev–Trinajstić information content (AvgIpc) is 2.46. The van der Waals surface area contributed by atoms with E-state index in [1.54, 1.807) is 6.07 Å². The van der Waals surface area contributed by atoms with Gasteiger partial charge < -0.3 is 10.6 Å². The van der Waals surface area contributed by atoms with Crippen LogP contribution in [0.15, 0.2) is 24.3 Å². The summed E-state index contributed by atoms with van der Waals surface area (Å²) in [5.74, 6) is 0. The van der Waals surface area contributed by atoms with Crippen molar-refractivity contribution in [1.82, 2.24) is 4.90 Å². The molecular weight excluding hydrogens is 267 g/mol. The quantitative estimate of drug-likeness (QED) is 0.925. The molecule has 1 heterocycles. The zero-order chi connectivity index (χ0) is 14.8. The molecule has 1 saturated heterocycles. The third-order valence-electron chi connectivity index (χ3n) is 3.62. The molecule has 1 radical (unpaired) electrons. The Morgan fingerprint density at radius 1 is 1.20 bits per heavy atom. The van der Waals surface area contributed by atoms with E-state index in [0.717, 1.165) is 19.2 Å². The summed E-state index contributed by atoms with van der Waals surface area (Å²) in [7, 11) is 0. The lowest BCUT2D eigenvalue weighted by molar-refractivity contribution is -0.137. The van der Waals surface area contributed by atoms with Crippen molar-refractivity contribution in [2.75, 3.05) is 31.1 Å². The minimum Gasteiger partial charge on any atom is -0.369 e. The SMILES string of the molecule is C[CH]C(N)N1CCN(c2cccc(C(F)(F)F)c2)CC1. The summed E-state index contributed by atoms with van der Waals surface area (Å²) in [4.78, 5) is 4.08. The van der Waals surface area contributed by atoms with Crippen LogP contribution >= 0.6 is 0 Å². The zero-order valence-corrected chi connectivity index (χ0v) is 11.4. The Morgan fingerprint density at radius 2 is 1.85 bits per heavy atom. The maximum Gasteiger partial charge on any atom is 0.416 e. The van der Waals surface area contributed by atoms with Crippen LogP contribution < -0.4 is 10.6 Å². The smallest absolute Gasteiger partial charge is 0.369 e. The van der Waals surface area contributed by atoms with E-state index in [9.17, 15) is 13.2 Å². The summed E-state index contributed by atoms with van der Waals surface area (Å²) < 4.78 is 38.1. The highest BCUT2D eigenvalue weighted by molar-refractivity contribution is 5.49. The van der Waals surface area contributed by atoms with Crippen LogP contribution in [0.1, 0.15) is 12.5 Å². The number of piperazine rings is 1. The number of nitrogens with two attached hydrogens (primary N) is 1. The van der Waals surface area contributed by atoms with Crippen molar-refractivity contribution >= 4 is 5.69 Å². The molecule has 3 nitrogen and oxygen atoms in total. The fourth-order valence-electron chi connectivity index (χ4n) is 2.37. The number of alkyl halides is 3. The lowest BCUT2D eigenvalue weighted by Crippen LogP contribution is -2.53. The largest absolute Gasteiger partial charge is 0.416 e. The highest BCUT2D eigenvalue weighted by Gasteiger charge is 2.31. The molecule has 0 spiro atoms. The summed E-state index contributed by atoms with van der Waals surface area (Å²) in [5, 5.41) is 0. The molecule has 0 saturated carbocycles. The summed E-state index contributed by atoms with van der Waals surface area (Å²) in [6.45, 7) is 4.78. The van der Waals surface area contributed by atoms with Crippen molar-refractivity contribution in [3.63, 3.8) is 0 Å². The Morgan fingerprint density at radius 3 is 2.40 bits per heavy atom. The number of hydrogen-bond donors (Lipinski definition) is 1. The number of benzene rings is 1. The second-order valence-corrected chi connectivity index (χ2v) is 4.90. The number of rotatable bonds is 3. The molecule has 6 heteroatoms. The molecule has 20 heavy (non-hydrogen) atoms. The fourth-order valence-corrected chi connectivity index (χ4v) is 2.37. The van der Waals surface area contributed by atoms with Gasteiger partial charge in [-0.3, -0.25) is 4.90 Å². The molecule has 1 atom stereocenters. The van der Waals surface area contributed by atoms with Crippen LogP contribution in [0.4, 0.5) is 18.9 Å². The summed E-state index contributed by atoms with van der Waals surface area (Å²) in [6.07, 6.45) is -2.46. The molecule has 1 aliphatic heterocycles. The van der Waals surface area contributed by atoms with Gasteiger partial charge >= 0.3 is 6.18 Å². The lowest BCUT2D eigenvalue weighted by Gasteiger charge is -2.38. The molecule has 2 N–H and O–H groups in total. The molecule has 1 aliphatic rings. The number of nitrogens with zero attached hydrogens (tertiary/aromatic N) is 2. The first-order chi connectivity index (χ1) is 9.41. The van der Waals surface area contributed by atoms with E-state index in [1.807, 2.05) is 18.2 Å². The average molecular weight is 286 g/mol. The summed E-state index contributed by atoms with van der Waals surface area (Å²) >= 11 is 0. The number of anilines is 1. The van der Waals surface area contributed by atoms with E-state index >= 15 is 0 Å². The molecular formula is C14H19F3N3. The second kappa shape index (κ2) is 6.01. The van der Waals surface area contributed by atoms with Crippen LogP contribution in [0.2, 0.25) is 0 Å². The predicted molar refractivity (Wildman–Crippen MR) is 73.2 cm³/mol. The molecule has 1 aromatic rings. The molecule has 1 unspecified atom stereocenters. The molecule has 0 bridgehead atoms. The fraction of sp³-hybridized carbons (Fsp3) is 0.500. The van der Waals surface area contributed by atoms with Crippen molar-refractivity contribution in [1.29, 1.82) is 0 Å². The molecule has 0 aliphatic carbocycles. The first kappa shape index (κ1) is 15.1. The molecule has 0 amide bonds. The Balaban J connectivity index is 2.04. The Labute approximate surface area is 117 Å². The predicted octanol–water partition coefficient (Wildman–Crippen LogP) is 2.34. The standard InChI is InChI=1S/C14H19F3N3/c1-2-13(18)20-8-6-19(7-9-20)12-5-3-4-11(10-12)14(15,16)17/h2-5,10,13H,6-9,18H2,1H3. The van der Waals surface area contributed by atoms with Gasteiger partial charge in [-0.05, 0) is 24.6 Å². The first-order valence-corrected chi connectivity index (χ1v) is 6.63. The minimum absolute atomic E-state index is 0.0846. The van der Waals surface area contributed by atoms with Gasteiger partial charge in [0.2, 0.25) is 0 Å². The Hall–Kier alpha value is -1.27. The van der Waals surface area contributed by atoms with E-state index in [0.29, 0.717) is 18.8 Å². The van der Waals surface area contributed by atoms with Gasteiger partial charge in [0.15, 0.2) is 0 Å². The first-order valence-electron chi connectivity index (χ1n) is 6.63. The lowest BCUT2D eigenvalue weighted by atomic mass is 10.1. The third-order valence-corrected chi connectivity index (χ3v) is 3.62. The maximum absolute atomic E-state index is 12.7. The van der Waals surface area contributed by atoms with Crippen molar-refractivity contribution in [3.8, 4) is 0 Å². The van der Waals surface area contributed by atoms with Gasteiger partial charge in [-0.2, -0.15) is 13.2 Å². The molecule has 1 fully saturated rings. The Kier molecular flexibility index (Phi) is 4.55. The van der Waals surface area contributed by atoms with Crippen LogP contribution in [0.3, 0.4) is 0 Å². The van der Waals surface area contributed by atoms with Crippen LogP contribution in [0, 0.1) is 6.42 Å². The third kappa shape index (κ3) is 3.43. The highest BCUT2D eigenvalue weighted by Crippen LogP contribution is 2.31. The van der Waals surface area contributed by atoms with Gasteiger partial charge in [-0.25, -0.2) is 0 Å². The van der Waals surface area contributed by atoms with E-state index in [2.05, 4.69) is 4.90 Å². The Bertz CT molecular complexity index is 440. The molecule has 2 rings (SSSR count). The van der Waals surface area contributed by atoms with E-state index in [1.165, 1.54) is 12.1 Å². The monoisotopic (exact) mass is 286 g/mol. The zero-order valence-electron chi connectivity index (χ0n) is 11.4. The van der Waals surface area contributed by atoms with Gasteiger partial charge in [0.25, 0.3) is 0 Å². The van der Waals surface area contributed by atoms with Crippen molar-refractivity contribution < 1.29 is 13.2 Å². The summed E-state index contributed by atoms with van der Waals surface area (Å²) in [5.41, 5.74) is 5.93.